The highest BCUT2D eigenvalue weighted by Gasteiger charge is 2.21. The maximum Gasteiger partial charge on any atom is 0.252 e. The number of amides is 1. The van der Waals surface area contributed by atoms with Crippen molar-refractivity contribution in [3.63, 3.8) is 0 Å². The molecular weight excluding hydrogens is 254 g/mol. The number of H-pyrrole nitrogens is 1. The van der Waals surface area contributed by atoms with E-state index < -0.39 is 0 Å². The van der Waals surface area contributed by atoms with Crippen LogP contribution in [0.25, 0.3) is 0 Å². The minimum atomic E-state index is -0.204. The monoisotopic (exact) mass is 279 g/mol. The normalized spacial score (nSPS) is 12.7. The summed E-state index contributed by atoms with van der Waals surface area (Å²) in [6.07, 6.45) is 3.63. The maximum absolute atomic E-state index is 12.0. The van der Waals surface area contributed by atoms with Crippen molar-refractivity contribution in [1.29, 1.82) is 0 Å². The third kappa shape index (κ3) is 4.49. The topological polar surface area (TPSA) is 65.2 Å². The fourth-order valence-corrected chi connectivity index (χ4v) is 2.45. The van der Waals surface area contributed by atoms with Crippen molar-refractivity contribution >= 4 is 5.91 Å². The Hall–Kier alpha value is -1.62. The molecule has 1 rings (SSSR count). The molecule has 5 nitrogen and oxygen atoms in total. The molecule has 1 heterocycles. The van der Waals surface area contributed by atoms with Crippen LogP contribution in [0.2, 0.25) is 0 Å². The number of nitrogens with zero attached hydrogens (tertiary/aromatic N) is 1. The lowest BCUT2D eigenvalue weighted by Gasteiger charge is -2.31. The van der Waals surface area contributed by atoms with E-state index >= 15 is 0 Å². The van der Waals surface area contributed by atoms with Gasteiger partial charge in [0.25, 0.3) is 5.91 Å². The maximum atomic E-state index is 12.0. The molecule has 0 aliphatic rings. The van der Waals surface area contributed by atoms with Gasteiger partial charge in [0, 0.05) is 24.8 Å². The van der Waals surface area contributed by atoms with Crippen LogP contribution < -0.4 is 10.9 Å². The standard InChI is InChI=1S/C15H25N3O2/c1-5-11(6-2)13(18(3)4)10-17-15(20)12-7-8-14(19)16-9-12/h7-9,11,13H,5-6,10H2,1-4H3,(H,16,19)(H,17,20)/t13-/m0/s1. The fraction of sp³-hybridized carbons (Fsp3) is 0.600. The van der Waals surface area contributed by atoms with E-state index in [1.165, 1.54) is 18.3 Å². The predicted octanol–water partition coefficient (Wildman–Crippen LogP) is 1.47. The van der Waals surface area contributed by atoms with E-state index in [4.69, 9.17) is 0 Å². The Bertz CT molecular complexity index is 458. The summed E-state index contributed by atoms with van der Waals surface area (Å²) in [7, 11) is 4.07. The second-order valence-corrected chi connectivity index (χ2v) is 5.26. The predicted molar refractivity (Wildman–Crippen MR) is 80.9 cm³/mol. The van der Waals surface area contributed by atoms with Crippen molar-refractivity contribution in [3.8, 4) is 0 Å². The number of carbonyl (C=O) groups is 1. The van der Waals surface area contributed by atoms with E-state index in [1.807, 2.05) is 14.1 Å². The van der Waals surface area contributed by atoms with Gasteiger partial charge in [0.2, 0.25) is 5.56 Å². The fourth-order valence-electron chi connectivity index (χ4n) is 2.45. The molecule has 0 saturated heterocycles. The lowest BCUT2D eigenvalue weighted by atomic mass is 9.93. The van der Waals surface area contributed by atoms with Crippen molar-refractivity contribution in [2.45, 2.75) is 32.7 Å². The number of hydrogen-bond acceptors (Lipinski definition) is 3. The number of likely N-dealkylation sites (N-methyl/N-ethyl adjacent to an activating group) is 1. The van der Waals surface area contributed by atoms with Crippen molar-refractivity contribution in [3.05, 3.63) is 34.2 Å². The van der Waals surface area contributed by atoms with Gasteiger partial charge in [0.05, 0.1) is 5.56 Å². The summed E-state index contributed by atoms with van der Waals surface area (Å²) < 4.78 is 0. The number of aromatic nitrogens is 1. The van der Waals surface area contributed by atoms with E-state index in [0.717, 1.165) is 12.8 Å². The molecule has 1 atom stereocenters. The second kappa shape index (κ2) is 7.85. The summed E-state index contributed by atoms with van der Waals surface area (Å²) in [5.41, 5.74) is 0.274. The molecule has 0 fully saturated rings. The summed E-state index contributed by atoms with van der Waals surface area (Å²) in [4.78, 5) is 27.7. The van der Waals surface area contributed by atoms with Gasteiger partial charge in [-0.2, -0.15) is 0 Å². The smallest absolute Gasteiger partial charge is 0.252 e. The Morgan fingerprint density at radius 1 is 1.30 bits per heavy atom. The van der Waals surface area contributed by atoms with Gasteiger partial charge in [-0.1, -0.05) is 26.7 Å². The van der Waals surface area contributed by atoms with Gasteiger partial charge in [0.15, 0.2) is 0 Å². The SMILES string of the molecule is CCC(CC)[C@H](CNC(=O)c1ccc(=O)[nH]c1)N(C)C. The van der Waals surface area contributed by atoms with E-state index in [0.29, 0.717) is 24.1 Å². The van der Waals surface area contributed by atoms with Crippen molar-refractivity contribution < 1.29 is 4.79 Å². The van der Waals surface area contributed by atoms with Crippen LogP contribution in [0.1, 0.15) is 37.0 Å². The molecule has 0 bridgehead atoms. The van der Waals surface area contributed by atoms with Crippen LogP contribution in [0.15, 0.2) is 23.1 Å². The largest absolute Gasteiger partial charge is 0.350 e. The molecule has 112 valence electrons. The van der Waals surface area contributed by atoms with Crippen LogP contribution in [0.4, 0.5) is 0 Å². The highest BCUT2D eigenvalue weighted by Crippen LogP contribution is 2.16. The summed E-state index contributed by atoms with van der Waals surface area (Å²) in [6.45, 7) is 4.96. The van der Waals surface area contributed by atoms with Gasteiger partial charge in [-0.05, 0) is 26.1 Å². The molecule has 20 heavy (non-hydrogen) atoms. The Balaban J connectivity index is 2.65. The molecule has 2 N–H and O–H groups in total. The van der Waals surface area contributed by atoms with E-state index in [-0.39, 0.29) is 11.5 Å². The summed E-state index contributed by atoms with van der Waals surface area (Å²) in [5, 5.41) is 2.95. The summed E-state index contributed by atoms with van der Waals surface area (Å²) in [5.74, 6) is 0.403. The number of carbonyl (C=O) groups excluding carboxylic acids is 1. The molecule has 0 unspecified atom stereocenters. The zero-order valence-electron chi connectivity index (χ0n) is 12.8. The molecule has 1 amide bonds. The van der Waals surface area contributed by atoms with E-state index in [9.17, 15) is 9.59 Å². The molecule has 0 radical (unpaired) electrons. The summed E-state index contributed by atoms with van der Waals surface area (Å²) >= 11 is 0. The zero-order valence-corrected chi connectivity index (χ0v) is 12.8. The van der Waals surface area contributed by atoms with E-state index in [2.05, 4.69) is 29.0 Å². The number of pyridine rings is 1. The minimum Gasteiger partial charge on any atom is -0.350 e. The van der Waals surface area contributed by atoms with Gasteiger partial charge in [-0.3, -0.25) is 9.59 Å². The molecule has 0 aliphatic carbocycles. The number of nitrogens with one attached hydrogen (secondary N) is 2. The summed E-state index contributed by atoms with van der Waals surface area (Å²) in [6, 6.07) is 3.21. The molecule has 1 aromatic rings. The van der Waals surface area contributed by atoms with Crippen LogP contribution in [-0.4, -0.2) is 42.5 Å². The first-order valence-corrected chi connectivity index (χ1v) is 7.12. The van der Waals surface area contributed by atoms with Crippen LogP contribution in [0, 0.1) is 5.92 Å². The first-order valence-electron chi connectivity index (χ1n) is 7.12. The Morgan fingerprint density at radius 2 is 1.95 bits per heavy atom. The van der Waals surface area contributed by atoms with Gasteiger partial charge < -0.3 is 15.2 Å². The van der Waals surface area contributed by atoms with Crippen molar-refractivity contribution in [2.75, 3.05) is 20.6 Å². The minimum absolute atomic E-state index is 0.154. The van der Waals surface area contributed by atoms with Crippen LogP contribution in [0.3, 0.4) is 0 Å². The Kier molecular flexibility index (Phi) is 6.45. The number of rotatable bonds is 7. The average Bonchev–Trinajstić information content (AvgIpc) is 2.43. The molecule has 0 spiro atoms. The quantitative estimate of drug-likeness (QED) is 0.794. The van der Waals surface area contributed by atoms with Gasteiger partial charge in [-0.25, -0.2) is 0 Å². The van der Waals surface area contributed by atoms with Gasteiger partial charge in [-0.15, -0.1) is 0 Å². The zero-order chi connectivity index (χ0) is 15.1. The van der Waals surface area contributed by atoms with E-state index in [1.54, 1.807) is 0 Å². The lowest BCUT2D eigenvalue weighted by molar-refractivity contribution is 0.0928. The van der Waals surface area contributed by atoms with Crippen molar-refractivity contribution in [2.24, 2.45) is 5.92 Å². The van der Waals surface area contributed by atoms with Gasteiger partial charge >= 0.3 is 0 Å². The highest BCUT2D eigenvalue weighted by molar-refractivity contribution is 5.93. The first-order chi connectivity index (χ1) is 9.49. The van der Waals surface area contributed by atoms with Crippen LogP contribution in [-0.2, 0) is 0 Å². The van der Waals surface area contributed by atoms with Crippen molar-refractivity contribution in [1.82, 2.24) is 15.2 Å². The second-order valence-electron chi connectivity index (χ2n) is 5.26. The number of aromatic amines is 1. The molecule has 0 aliphatic heterocycles. The average molecular weight is 279 g/mol. The highest BCUT2D eigenvalue weighted by atomic mass is 16.1. The first kappa shape index (κ1) is 16.4. The molecule has 5 heteroatoms. The molecule has 0 aromatic carbocycles. The molecule has 1 aromatic heterocycles. The van der Waals surface area contributed by atoms with Gasteiger partial charge in [0.1, 0.15) is 0 Å². The van der Waals surface area contributed by atoms with Crippen LogP contribution >= 0.6 is 0 Å². The molecular formula is C15H25N3O2. The lowest BCUT2D eigenvalue weighted by Crippen LogP contribution is -2.44. The number of hydrogen-bond donors (Lipinski definition) is 2. The Labute approximate surface area is 120 Å². The Morgan fingerprint density at radius 3 is 2.40 bits per heavy atom. The van der Waals surface area contributed by atoms with Crippen LogP contribution in [0.5, 0.6) is 0 Å². The third-order valence-corrected chi connectivity index (χ3v) is 3.77. The third-order valence-electron chi connectivity index (χ3n) is 3.77. The molecule has 0 saturated carbocycles.